The van der Waals surface area contributed by atoms with Crippen LogP contribution in [0, 0.1) is 47.0 Å². The van der Waals surface area contributed by atoms with Crippen LogP contribution in [-0.2, 0) is 24.1 Å². The van der Waals surface area contributed by atoms with Crippen LogP contribution in [0.2, 0.25) is 0 Å². The highest BCUT2D eigenvalue weighted by atomic mass is 16.5. The summed E-state index contributed by atoms with van der Waals surface area (Å²) in [5.74, 6) is 10.8. The molecule has 10 heteroatoms. The van der Waals surface area contributed by atoms with Gasteiger partial charge < -0.3 is 30.5 Å². The fourth-order valence-corrected chi connectivity index (χ4v) is 10.0. The molecule has 0 saturated heterocycles. The molecule has 2 aromatic carbocycles. The molecule has 7 aliphatic rings. The molecule has 2 aromatic rings. The number of nitrogens with zero attached hydrogens (tertiary/aromatic N) is 1. The molecule has 0 amide bonds. The van der Waals surface area contributed by atoms with Crippen LogP contribution in [0.4, 0.5) is 0 Å². The van der Waals surface area contributed by atoms with E-state index in [2.05, 4.69) is 35.4 Å². The molecule has 1 spiro atoms. The molecule has 9 atom stereocenters. The fourth-order valence-electron chi connectivity index (χ4n) is 10.0. The number of fused-ring (bicyclic) bond motifs is 8. The molecule has 5 aliphatic heterocycles. The number of ketones is 1. The number of quaternary nitrogens is 1. The minimum Gasteiger partial charge on any atom is -0.437 e. The third kappa shape index (κ3) is 6.94. The quantitative estimate of drug-likeness (QED) is 0.195. The van der Waals surface area contributed by atoms with Crippen LogP contribution in [0.3, 0.4) is 0 Å². The Morgan fingerprint density at radius 3 is 2.79 bits per heavy atom. The fraction of sp³-hybridized carbons (Fsp3) is 0.478. The summed E-state index contributed by atoms with van der Waals surface area (Å²) >= 11 is 0. The normalized spacial score (nSPS) is 31.1. The van der Waals surface area contributed by atoms with Crippen LogP contribution in [-0.4, -0.2) is 58.3 Å². The van der Waals surface area contributed by atoms with Crippen LogP contribution < -0.4 is 25.4 Å². The Bertz CT molecular complexity index is 2180. The number of nitrogens with one attached hydrogen (secondary N) is 2. The lowest BCUT2D eigenvalue weighted by atomic mass is 9.73. The number of carbonyl (C=O) groups excluding carboxylic acids is 1. The summed E-state index contributed by atoms with van der Waals surface area (Å²) in [6, 6.07) is 9.74. The average Bonchev–Trinajstić information content (AvgIpc) is 3.92. The molecule has 5 heterocycles. The number of carbonyl (C=O) groups is 1. The van der Waals surface area contributed by atoms with Gasteiger partial charge in [0, 0.05) is 37.9 Å². The van der Waals surface area contributed by atoms with Crippen LogP contribution in [0.1, 0.15) is 92.0 Å². The van der Waals surface area contributed by atoms with Gasteiger partial charge >= 0.3 is 0 Å². The average molecular weight is 756 g/mol. The Morgan fingerprint density at radius 2 is 1.95 bits per heavy atom. The van der Waals surface area contributed by atoms with Gasteiger partial charge in [-0.15, -0.1) is 0 Å². The molecule has 1 fully saturated rings. The van der Waals surface area contributed by atoms with E-state index >= 15 is 0 Å². The third-order valence-corrected chi connectivity index (χ3v) is 13.1. The van der Waals surface area contributed by atoms with E-state index < -0.39 is 35.9 Å². The van der Waals surface area contributed by atoms with Crippen molar-refractivity contribution in [2.45, 2.75) is 102 Å². The summed E-state index contributed by atoms with van der Waals surface area (Å²) in [7, 11) is 0. The Morgan fingerprint density at radius 1 is 1.11 bits per heavy atom. The third-order valence-electron chi connectivity index (χ3n) is 13.1. The largest absolute Gasteiger partial charge is 0.437 e. The summed E-state index contributed by atoms with van der Waals surface area (Å²) in [5.41, 5.74) is 14.2. The molecule has 56 heavy (non-hydrogen) atoms. The minimum absolute atomic E-state index is 0.0120. The lowest BCUT2D eigenvalue weighted by Gasteiger charge is -2.36. The summed E-state index contributed by atoms with van der Waals surface area (Å²) in [6.45, 7) is 3.42. The number of rotatable bonds is 6. The Kier molecular flexibility index (Phi) is 10.00. The SMILES string of the molecule is CC1C=CC(C(O)CC(=O)CCc2ccc3c(c2)OC2C(C#CC(O)c4ccc5c(c4CC4=CN=C6C[NH+]2C=C46)CCNC5N)C2(C#CO3)CCCC2)C(O)C1. The standard InChI is InChI=1S/C46H50N4O6/c1-27-4-8-34(40(53)20-27)41(54)23-30(51)7-5-28-6-13-42-43(21-28)56-45-37(46(17-19-55-42)15-2-3-16-46)11-12-39(52)32-9-10-33-31(14-18-48-44(33)47)35(32)22-29-24-49-38-26-50(45)25-36(29)38/h4,6,8-10,13,21,24-25,27,34,37,39-41,44-45,48,52-54H,2-3,5,7,14-16,18,20,22-23,26,47H2,1H3/p+1. The van der Waals surface area contributed by atoms with Crippen LogP contribution in [0.5, 0.6) is 11.5 Å². The van der Waals surface area contributed by atoms with E-state index in [1.165, 1.54) is 5.56 Å². The van der Waals surface area contributed by atoms with Gasteiger partial charge in [-0.25, -0.2) is 0 Å². The van der Waals surface area contributed by atoms with Gasteiger partial charge in [0.25, 0.3) is 6.23 Å². The Balaban J connectivity index is 1.05. The summed E-state index contributed by atoms with van der Waals surface area (Å²) in [6.07, 6.45) is 14.2. The Labute approximate surface area is 328 Å². The van der Waals surface area contributed by atoms with Gasteiger partial charge in [0.2, 0.25) is 0 Å². The van der Waals surface area contributed by atoms with Gasteiger partial charge in [-0.05, 0) is 83.5 Å². The first kappa shape index (κ1) is 37.1. The number of hydrogen-bond acceptors (Lipinski definition) is 9. The summed E-state index contributed by atoms with van der Waals surface area (Å²) < 4.78 is 13.3. The lowest BCUT2D eigenvalue weighted by Crippen LogP contribution is -3.13. The van der Waals surface area contributed by atoms with E-state index in [1.807, 2.05) is 55.6 Å². The maximum atomic E-state index is 13.1. The van der Waals surface area contributed by atoms with Gasteiger partial charge in [0.05, 0.1) is 29.4 Å². The minimum atomic E-state index is -1.02. The van der Waals surface area contributed by atoms with Crippen molar-refractivity contribution in [3.8, 4) is 35.4 Å². The molecular formula is C46H51N4O6+. The van der Waals surface area contributed by atoms with Crippen molar-refractivity contribution >= 4 is 11.5 Å². The molecule has 9 unspecified atom stereocenters. The number of hydrogen-bond donors (Lipinski definition) is 6. The zero-order chi connectivity index (χ0) is 38.6. The molecule has 9 rings (SSSR count). The maximum Gasteiger partial charge on any atom is 0.252 e. The zero-order valence-corrected chi connectivity index (χ0v) is 31.9. The van der Waals surface area contributed by atoms with Crippen molar-refractivity contribution in [1.29, 1.82) is 0 Å². The van der Waals surface area contributed by atoms with E-state index in [9.17, 15) is 20.1 Å². The van der Waals surface area contributed by atoms with Crippen molar-refractivity contribution in [2.24, 2.45) is 33.9 Å². The monoisotopic (exact) mass is 755 g/mol. The first-order chi connectivity index (χ1) is 27.2. The van der Waals surface area contributed by atoms with Crippen molar-refractivity contribution in [3.05, 3.63) is 93.8 Å². The van der Waals surface area contributed by atoms with Crippen LogP contribution >= 0.6 is 0 Å². The predicted octanol–water partition coefficient (Wildman–Crippen LogP) is 3.26. The second-order valence-corrected chi connectivity index (χ2v) is 16.8. The number of nitrogens with two attached hydrogens (primary N) is 1. The van der Waals surface area contributed by atoms with E-state index in [4.69, 9.17) is 20.2 Å². The van der Waals surface area contributed by atoms with E-state index in [0.29, 0.717) is 37.3 Å². The first-order valence-corrected chi connectivity index (χ1v) is 20.4. The highest BCUT2D eigenvalue weighted by Gasteiger charge is 2.51. The van der Waals surface area contributed by atoms with E-state index in [-0.39, 0.29) is 36.6 Å². The van der Waals surface area contributed by atoms with Gasteiger partial charge in [-0.1, -0.05) is 67.9 Å². The summed E-state index contributed by atoms with van der Waals surface area (Å²) in [4.78, 5) is 19.1. The molecular weight excluding hydrogens is 705 g/mol. The maximum absolute atomic E-state index is 13.1. The number of ether oxygens (including phenoxy) is 2. The number of aliphatic imine (C=N–C) groups is 1. The molecule has 7 N–H and O–H groups in total. The van der Waals surface area contributed by atoms with Crippen molar-refractivity contribution in [1.82, 2.24) is 5.32 Å². The van der Waals surface area contributed by atoms with E-state index in [0.717, 1.165) is 82.7 Å². The number of benzene rings is 2. The highest BCUT2D eigenvalue weighted by molar-refractivity contribution is 6.08. The Hall–Kier alpha value is -4.52. The van der Waals surface area contributed by atoms with Crippen LogP contribution in [0.25, 0.3) is 0 Å². The number of allylic oxidation sites excluding steroid dienone is 2. The smallest absolute Gasteiger partial charge is 0.252 e. The van der Waals surface area contributed by atoms with Crippen molar-refractivity contribution in [2.75, 3.05) is 13.1 Å². The number of aliphatic hydroxyl groups excluding tert-OH is 3. The summed E-state index contributed by atoms with van der Waals surface area (Å²) in [5, 5.41) is 36.6. The molecule has 2 aliphatic carbocycles. The molecule has 2 bridgehead atoms. The second kappa shape index (κ2) is 15.1. The number of Topliss-reactive ketones (excluding diaryl/α,β-unsaturated/α-hetero) is 1. The molecule has 0 radical (unpaired) electrons. The van der Waals surface area contributed by atoms with Gasteiger partial charge in [0.1, 0.15) is 42.4 Å². The van der Waals surface area contributed by atoms with Crippen molar-refractivity contribution < 1.29 is 34.5 Å². The number of aliphatic hydroxyl groups is 3. The highest BCUT2D eigenvalue weighted by Crippen LogP contribution is 2.47. The predicted molar refractivity (Wildman–Crippen MR) is 211 cm³/mol. The zero-order valence-electron chi connectivity index (χ0n) is 31.9. The van der Waals surface area contributed by atoms with Crippen molar-refractivity contribution in [3.63, 3.8) is 0 Å². The molecule has 10 nitrogen and oxygen atoms in total. The molecule has 290 valence electrons. The van der Waals surface area contributed by atoms with Gasteiger partial charge in [-0.3, -0.25) is 20.0 Å². The topological polar surface area (TPSA) is 151 Å². The van der Waals surface area contributed by atoms with Gasteiger partial charge in [-0.2, -0.15) is 0 Å². The van der Waals surface area contributed by atoms with Crippen LogP contribution in [0.15, 0.2) is 71.0 Å². The number of aryl methyl sites for hydroxylation is 1. The lowest BCUT2D eigenvalue weighted by molar-refractivity contribution is -0.888. The van der Waals surface area contributed by atoms with E-state index in [1.54, 1.807) is 0 Å². The molecule has 1 saturated carbocycles. The molecule has 0 aromatic heterocycles. The first-order valence-electron chi connectivity index (χ1n) is 20.4. The second-order valence-electron chi connectivity index (χ2n) is 16.8. The van der Waals surface area contributed by atoms with Gasteiger partial charge in [0.15, 0.2) is 11.5 Å².